The van der Waals surface area contributed by atoms with Gasteiger partial charge in [-0.25, -0.2) is 9.67 Å². The maximum atomic E-state index is 13.8. The molecule has 4 rings (SSSR count). The van der Waals surface area contributed by atoms with Gasteiger partial charge in [0.25, 0.3) is 0 Å². The molecule has 0 saturated heterocycles. The molecule has 7 heteroatoms. The fourth-order valence-corrected chi connectivity index (χ4v) is 4.62. The molecule has 166 valence electrons. The summed E-state index contributed by atoms with van der Waals surface area (Å²) in [6, 6.07) is 17.4. The lowest BCUT2D eigenvalue weighted by molar-refractivity contribution is -0.134. The standard InChI is InChI=1S/C25H26Cl2N4O/c1-3-30(15-7-10-18-8-5-4-6-9-18)25(32)23-17(2)29-22-13-14-28-31(22)24(23)19-11-12-20(26)21(27)16-19/h4-6,8-9,11-14,16,23-24H,3,7,10,15H2,1-2H3. The van der Waals surface area contributed by atoms with Crippen molar-refractivity contribution in [3.05, 3.63) is 82.0 Å². The normalized spacial score (nSPS) is 17.6. The highest BCUT2D eigenvalue weighted by molar-refractivity contribution is 6.42. The number of benzene rings is 2. The lowest BCUT2D eigenvalue weighted by Crippen LogP contribution is -2.45. The van der Waals surface area contributed by atoms with Crippen molar-refractivity contribution in [2.45, 2.75) is 32.7 Å². The third-order valence-corrected chi connectivity index (χ3v) is 6.69. The number of amides is 1. The van der Waals surface area contributed by atoms with Crippen LogP contribution in [-0.2, 0) is 11.2 Å². The molecular formula is C25H26Cl2N4O. The molecule has 0 aliphatic carbocycles. The number of carbonyl (C=O) groups is 1. The maximum Gasteiger partial charge on any atom is 0.233 e. The minimum Gasteiger partial charge on any atom is -0.342 e. The highest BCUT2D eigenvalue weighted by Crippen LogP contribution is 2.38. The van der Waals surface area contributed by atoms with Gasteiger partial charge in [-0.1, -0.05) is 59.6 Å². The minimum atomic E-state index is -0.462. The van der Waals surface area contributed by atoms with E-state index >= 15 is 0 Å². The maximum absolute atomic E-state index is 13.8. The van der Waals surface area contributed by atoms with Gasteiger partial charge in [0.05, 0.1) is 22.3 Å². The molecule has 2 unspecified atom stereocenters. The number of fused-ring (bicyclic) bond motifs is 1. The second kappa shape index (κ2) is 9.88. The summed E-state index contributed by atoms with van der Waals surface area (Å²) in [5.74, 6) is 0.324. The summed E-state index contributed by atoms with van der Waals surface area (Å²) in [7, 11) is 0. The number of hydrogen-bond acceptors (Lipinski definition) is 3. The van der Waals surface area contributed by atoms with E-state index in [9.17, 15) is 4.79 Å². The van der Waals surface area contributed by atoms with Crippen molar-refractivity contribution in [3.63, 3.8) is 0 Å². The van der Waals surface area contributed by atoms with E-state index in [4.69, 9.17) is 23.2 Å². The van der Waals surface area contributed by atoms with Crippen LogP contribution in [0.3, 0.4) is 0 Å². The molecule has 0 bridgehead atoms. The Morgan fingerprint density at radius 1 is 1.09 bits per heavy atom. The van der Waals surface area contributed by atoms with Crippen molar-refractivity contribution in [2.24, 2.45) is 10.9 Å². The van der Waals surface area contributed by atoms with E-state index in [1.807, 2.05) is 59.8 Å². The van der Waals surface area contributed by atoms with E-state index < -0.39 is 5.92 Å². The fourth-order valence-electron chi connectivity index (χ4n) is 4.31. The minimum absolute atomic E-state index is 0.0547. The van der Waals surface area contributed by atoms with E-state index in [2.05, 4.69) is 22.2 Å². The van der Waals surface area contributed by atoms with E-state index in [1.165, 1.54) is 5.56 Å². The molecule has 1 aliphatic heterocycles. The molecule has 32 heavy (non-hydrogen) atoms. The molecule has 2 atom stereocenters. The molecule has 5 nitrogen and oxygen atoms in total. The molecule has 3 aromatic rings. The van der Waals surface area contributed by atoms with Gasteiger partial charge in [0, 0.05) is 24.9 Å². The van der Waals surface area contributed by atoms with Crippen LogP contribution in [0.25, 0.3) is 0 Å². The number of rotatable bonds is 7. The van der Waals surface area contributed by atoms with Crippen LogP contribution in [0.4, 0.5) is 5.82 Å². The van der Waals surface area contributed by atoms with Crippen molar-refractivity contribution < 1.29 is 4.79 Å². The topological polar surface area (TPSA) is 50.5 Å². The second-order valence-electron chi connectivity index (χ2n) is 7.99. The Hall–Kier alpha value is -2.63. The summed E-state index contributed by atoms with van der Waals surface area (Å²) in [6.07, 6.45) is 3.54. The number of aromatic nitrogens is 2. The molecule has 2 heterocycles. The summed E-state index contributed by atoms with van der Waals surface area (Å²) in [5.41, 5.74) is 2.94. The van der Waals surface area contributed by atoms with Crippen LogP contribution in [0.5, 0.6) is 0 Å². The molecular weight excluding hydrogens is 443 g/mol. The van der Waals surface area contributed by atoms with E-state index in [0.29, 0.717) is 23.1 Å². The Balaban J connectivity index is 1.60. The van der Waals surface area contributed by atoms with Crippen molar-refractivity contribution in [1.29, 1.82) is 0 Å². The summed E-state index contributed by atoms with van der Waals surface area (Å²) in [4.78, 5) is 20.4. The largest absolute Gasteiger partial charge is 0.342 e. The van der Waals surface area contributed by atoms with Gasteiger partial charge in [0.2, 0.25) is 5.91 Å². The van der Waals surface area contributed by atoms with Crippen molar-refractivity contribution >= 4 is 40.6 Å². The van der Waals surface area contributed by atoms with E-state index in [1.54, 1.807) is 12.3 Å². The molecule has 0 spiro atoms. The van der Waals surface area contributed by atoms with Crippen LogP contribution in [0, 0.1) is 5.92 Å². The highest BCUT2D eigenvalue weighted by Gasteiger charge is 2.39. The second-order valence-corrected chi connectivity index (χ2v) is 8.80. The predicted molar refractivity (Wildman–Crippen MR) is 130 cm³/mol. The first-order chi connectivity index (χ1) is 15.5. The van der Waals surface area contributed by atoms with Crippen LogP contribution >= 0.6 is 23.2 Å². The van der Waals surface area contributed by atoms with Crippen molar-refractivity contribution in [1.82, 2.24) is 14.7 Å². The van der Waals surface area contributed by atoms with Crippen LogP contribution < -0.4 is 0 Å². The lowest BCUT2D eigenvalue weighted by Gasteiger charge is -2.34. The van der Waals surface area contributed by atoms with Gasteiger partial charge in [0.1, 0.15) is 5.92 Å². The van der Waals surface area contributed by atoms with Gasteiger partial charge < -0.3 is 4.90 Å². The third kappa shape index (κ3) is 4.59. The van der Waals surface area contributed by atoms with Crippen LogP contribution in [0.2, 0.25) is 10.0 Å². The van der Waals surface area contributed by atoms with Crippen LogP contribution in [0.1, 0.15) is 37.4 Å². The average Bonchev–Trinajstić information content (AvgIpc) is 3.26. The number of hydrogen-bond donors (Lipinski definition) is 0. The predicted octanol–water partition coefficient (Wildman–Crippen LogP) is 5.98. The number of carbonyl (C=O) groups excluding carboxylic acids is 1. The summed E-state index contributed by atoms with van der Waals surface area (Å²) in [5, 5.41) is 5.42. The van der Waals surface area contributed by atoms with Crippen molar-refractivity contribution in [3.8, 4) is 0 Å². The number of aliphatic imine (C=N–C) groups is 1. The molecule has 1 aliphatic rings. The summed E-state index contributed by atoms with van der Waals surface area (Å²) in [6.45, 7) is 5.26. The van der Waals surface area contributed by atoms with E-state index in [-0.39, 0.29) is 11.9 Å². The quantitative estimate of drug-likeness (QED) is 0.427. The molecule has 1 aromatic heterocycles. The first-order valence-corrected chi connectivity index (χ1v) is 11.6. The molecule has 1 amide bonds. The molecule has 0 saturated carbocycles. The number of halogens is 2. The number of aryl methyl sites for hydroxylation is 1. The molecule has 2 aromatic carbocycles. The zero-order valence-corrected chi connectivity index (χ0v) is 19.7. The summed E-state index contributed by atoms with van der Waals surface area (Å²) >= 11 is 12.5. The Morgan fingerprint density at radius 3 is 2.59 bits per heavy atom. The zero-order valence-electron chi connectivity index (χ0n) is 18.2. The van der Waals surface area contributed by atoms with Gasteiger partial charge >= 0.3 is 0 Å². The smallest absolute Gasteiger partial charge is 0.233 e. The summed E-state index contributed by atoms with van der Waals surface area (Å²) < 4.78 is 1.81. The Labute approximate surface area is 198 Å². The molecule has 0 radical (unpaired) electrons. The van der Waals surface area contributed by atoms with Gasteiger partial charge in [-0.2, -0.15) is 5.10 Å². The SMILES string of the molecule is CCN(CCCc1ccccc1)C(=O)C1C(C)=Nc2ccnn2C1c1ccc(Cl)c(Cl)c1. The van der Waals surface area contributed by atoms with Gasteiger partial charge in [0.15, 0.2) is 5.82 Å². The van der Waals surface area contributed by atoms with Gasteiger partial charge in [-0.05, 0) is 49.9 Å². The molecule has 0 N–H and O–H groups in total. The van der Waals surface area contributed by atoms with Gasteiger partial charge in [-0.15, -0.1) is 0 Å². The Kier molecular flexibility index (Phi) is 6.97. The Bertz CT molecular complexity index is 1130. The first-order valence-electron chi connectivity index (χ1n) is 10.9. The highest BCUT2D eigenvalue weighted by atomic mass is 35.5. The molecule has 0 fully saturated rings. The average molecular weight is 469 g/mol. The Morgan fingerprint density at radius 2 is 1.88 bits per heavy atom. The van der Waals surface area contributed by atoms with Crippen LogP contribution in [-0.4, -0.2) is 39.4 Å². The first kappa shape index (κ1) is 22.6. The zero-order chi connectivity index (χ0) is 22.7. The monoisotopic (exact) mass is 468 g/mol. The van der Waals surface area contributed by atoms with Crippen LogP contribution in [0.15, 0.2) is 65.8 Å². The van der Waals surface area contributed by atoms with Crippen molar-refractivity contribution in [2.75, 3.05) is 13.1 Å². The fraction of sp³-hybridized carbons (Fsp3) is 0.320. The van der Waals surface area contributed by atoms with Gasteiger partial charge in [-0.3, -0.25) is 4.79 Å². The lowest BCUT2D eigenvalue weighted by atomic mass is 9.87. The number of nitrogens with zero attached hydrogens (tertiary/aromatic N) is 4. The van der Waals surface area contributed by atoms with E-state index in [0.717, 1.165) is 29.9 Å². The third-order valence-electron chi connectivity index (χ3n) is 5.95.